The molecule has 0 bridgehead atoms. The Bertz CT molecular complexity index is 291. The van der Waals surface area contributed by atoms with Crippen LogP contribution in [0.4, 0.5) is 0 Å². The summed E-state index contributed by atoms with van der Waals surface area (Å²) in [5.41, 5.74) is 0. The molecular formula is C12H21N3O2. The van der Waals surface area contributed by atoms with Crippen molar-refractivity contribution in [3.05, 3.63) is 12.7 Å². The van der Waals surface area contributed by atoms with Crippen LogP contribution in [0.15, 0.2) is 12.7 Å². The molecule has 1 atom stereocenters. The molecule has 1 aliphatic rings. The van der Waals surface area contributed by atoms with E-state index < -0.39 is 11.8 Å². The molecule has 2 amide bonds. The van der Waals surface area contributed by atoms with E-state index >= 15 is 0 Å². The first kappa shape index (κ1) is 13.7. The van der Waals surface area contributed by atoms with Gasteiger partial charge in [0.05, 0.1) is 0 Å². The Morgan fingerprint density at radius 3 is 2.76 bits per heavy atom. The maximum absolute atomic E-state index is 11.4. The van der Waals surface area contributed by atoms with Crippen molar-refractivity contribution in [2.75, 3.05) is 26.2 Å². The molecule has 5 nitrogen and oxygen atoms in total. The van der Waals surface area contributed by atoms with E-state index in [1.54, 1.807) is 6.08 Å². The molecule has 1 rings (SSSR count). The van der Waals surface area contributed by atoms with Gasteiger partial charge in [0.15, 0.2) is 0 Å². The average Bonchev–Trinajstić information content (AvgIpc) is 2.80. The maximum Gasteiger partial charge on any atom is 0.309 e. The molecule has 5 heteroatoms. The number of likely N-dealkylation sites (N-methyl/N-ethyl adjacent to an activating group) is 1. The van der Waals surface area contributed by atoms with Crippen molar-refractivity contribution in [1.82, 2.24) is 15.5 Å². The summed E-state index contributed by atoms with van der Waals surface area (Å²) in [6, 6.07) is 0.371. The number of carbonyl (C=O) groups excluding carboxylic acids is 2. The molecule has 1 fully saturated rings. The van der Waals surface area contributed by atoms with E-state index in [1.807, 2.05) is 0 Å². The fourth-order valence-electron chi connectivity index (χ4n) is 2.08. The number of amides is 2. The van der Waals surface area contributed by atoms with Crippen LogP contribution in [0, 0.1) is 0 Å². The third kappa shape index (κ3) is 4.19. The van der Waals surface area contributed by atoms with E-state index in [4.69, 9.17) is 0 Å². The number of hydrogen-bond donors (Lipinski definition) is 2. The molecule has 0 unspecified atom stereocenters. The van der Waals surface area contributed by atoms with Crippen LogP contribution in [-0.4, -0.2) is 48.9 Å². The second-order valence-electron chi connectivity index (χ2n) is 4.13. The van der Waals surface area contributed by atoms with Gasteiger partial charge in [-0.3, -0.25) is 14.5 Å². The molecule has 0 saturated carbocycles. The van der Waals surface area contributed by atoms with E-state index in [2.05, 4.69) is 29.0 Å². The highest BCUT2D eigenvalue weighted by Crippen LogP contribution is 2.15. The van der Waals surface area contributed by atoms with Gasteiger partial charge in [0.1, 0.15) is 0 Å². The molecule has 2 N–H and O–H groups in total. The normalized spacial score (nSPS) is 19.9. The fourth-order valence-corrected chi connectivity index (χ4v) is 2.08. The third-order valence-electron chi connectivity index (χ3n) is 3.02. The molecule has 1 aliphatic heterocycles. The number of likely N-dealkylation sites (tertiary alicyclic amines) is 1. The van der Waals surface area contributed by atoms with E-state index in [9.17, 15) is 9.59 Å². The SMILES string of the molecule is C=CCNC(=O)C(=O)NC[C@@H]1CCCN1CC. The average molecular weight is 239 g/mol. The minimum absolute atomic E-state index is 0.316. The topological polar surface area (TPSA) is 61.4 Å². The summed E-state index contributed by atoms with van der Waals surface area (Å²) in [4.78, 5) is 25.0. The van der Waals surface area contributed by atoms with Crippen LogP contribution >= 0.6 is 0 Å². The van der Waals surface area contributed by atoms with Gasteiger partial charge in [0, 0.05) is 19.1 Å². The Morgan fingerprint density at radius 2 is 2.12 bits per heavy atom. The molecule has 0 aromatic carbocycles. The number of rotatable bonds is 5. The summed E-state index contributed by atoms with van der Waals surface area (Å²) in [5.74, 6) is -1.15. The lowest BCUT2D eigenvalue weighted by Crippen LogP contribution is -2.45. The monoisotopic (exact) mass is 239 g/mol. The lowest BCUT2D eigenvalue weighted by molar-refractivity contribution is -0.139. The number of hydrogen-bond acceptors (Lipinski definition) is 3. The molecule has 0 spiro atoms. The van der Waals surface area contributed by atoms with Crippen molar-refractivity contribution in [3.63, 3.8) is 0 Å². The summed E-state index contributed by atoms with van der Waals surface area (Å²) >= 11 is 0. The van der Waals surface area contributed by atoms with Gasteiger partial charge in [0.25, 0.3) is 0 Å². The van der Waals surface area contributed by atoms with Gasteiger partial charge in [-0.05, 0) is 25.9 Å². The zero-order valence-electron chi connectivity index (χ0n) is 10.4. The van der Waals surface area contributed by atoms with Crippen LogP contribution < -0.4 is 10.6 Å². The lowest BCUT2D eigenvalue weighted by atomic mass is 10.2. The van der Waals surface area contributed by atoms with Crippen LogP contribution in [0.25, 0.3) is 0 Å². The molecule has 0 aliphatic carbocycles. The van der Waals surface area contributed by atoms with E-state index in [0.717, 1.165) is 25.9 Å². The van der Waals surface area contributed by atoms with Gasteiger partial charge in [-0.25, -0.2) is 0 Å². The number of nitrogens with one attached hydrogen (secondary N) is 2. The van der Waals surface area contributed by atoms with Gasteiger partial charge in [0.2, 0.25) is 0 Å². The molecule has 0 aromatic heterocycles. The van der Waals surface area contributed by atoms with Crippen LogP contribution in [0.3, 0.4) is 0 Å². The van der Waals surface area contributed by atoms with Crippen molar-refractivity contribution in [3.8, 4) is 0 Å². The maximum atomic E-state index is 11.4. The summed E-state index contributed by atoms with van der Waals surface area (Å²) in [7, 11) is 0. The van der Waals surface area contributed by atoms with E-state index in [1.165, 1.54) is 0 Å². The predicted molar refractivity (Wildman–Crippen MR) is 66.5 cm³/mol. The highest BCUT2D eigenvalue weighted by molar-refractivity contribution is 6.35. The Balaban J connectivity index is 2.27. The van der Waals surface area contributed by atoms with Crippen LogP contribution in [0.5, 0.6) is 0 Å². The van der Waals surface area contributed by atoms with Crippen molar-refractivity contribution in [2.24, 2.45) is 0 Å². The Morgan fingerprint density at radius 1 is 1.41 bits per heavy atom. The molecule has 96 valence electrons. The third-order valence-corrected chi connectivity index (χ3v) is 3.02. The van der Waals surface area contributed by atoms with E-state index in [0.29, 0.717) is 19.1 Å². The Hall–Kier alpha value is -1.36. The van der Waals surface area contributed by atoms with Gasteiger partial charge in [-0.15, -0.1) is 6.58 Å². The summed E-state index contributed by atoms with van der Waals surface area (Å²) < 4.78 is 0. The first-order valence-corrected chi connectivity index (χ1v) is 6.10. The molecule has 1 heterocycles. The minimum Gasteiger partial charge on any atom is -0.346 e. The van der Waals surface area contributed by atoms with Crippen molar-refractivity contribution >= 4 is 11.8 Å². The first-order valence-electron chi connectivity index (χ1n) is 6.10. The summed E-state index contributed by atoms with van der Waals surface area (Å²) in [6.07, 6.45) is 3.79. The van der Waals surface area contributed by atoms with Crippen LogP contribution in [0.1, 0.15) is 19.8 Å². The quantitative estimate of drug-likeness (QED) is 0.520. The highest BCUT2D eigenvalue weighted by Gasteiger charge is 2.24. The molecular weight excluding hydrogens is 218 g/mol. The summed E-state index contributed by atoms with van der Waals surface area (Å²) in [6.45, 7) is 8.52. The second-order valence-corrected chi connectivity index (χ2v) is 4.13. The predicted octanol–water partition coefficient (Wildman–Crippen LogP) is -0.111. The second kappa shape index (κ2) is 7.06. The van der Waals surface area contributed by atoms with Crippen LogP contribution in [-0.2, 0) is 9.59 Å². The van der Waals surface area contributed by atoms with Crippen molar-refractivity contribution in [2.45, 2.75) is 25.8 Å². The van der Waals surface area contributed by atoms with E-state index in [-0.39, 0.29) is 0 Å². The number of nitrogens with zero attached hydrogens (tertiary/aromatic N) is 1. The number of carbonyl (C=O) groups is 2. The smallest absolute Gasteiger partial charge is 0.309 e. The zero-order chi connectivity index (χ0) is 12.7. The molecule has 1 saturated heterocycles. The fraction of sp³-hybridized carbons (Fsp3) is 0.667. The largest absolute Gasteiger partial charge is 0.346 e. The Labute approximate surface area is 102 Å². The molecule has 0 radical (unpaired) electrons. The van der Waals surface area contributed by atoms with Gasteiger partial charge in [-0.1, -0.05) is 13.0 Å². The Kier molecular flexibility index (Phi) is 5.69. The van der Waals surface area contributed by atoms with Gasteiger partial charge < -0.3 is 10.6 Å². The van der Waals surface area contributed by atoms with Gasteiger partial charge >= 0.3 is 11.8 Å². The first-order chi connectivity index (χ1) is 8.19. The van der Waals surface area contributed by atoms with Gasteiger partial charge in [-0.2, -0.15) is 0 Å². The van der Waals surface area contributed by atoms with Crippen molar-refractivity contribution in [1.29, 1.82) is 0 Å². The molecule has 0 aromatic rings. The summed E-state index contributed by atoms with van der Waals surface area (Å²) in [5, 5.41) is 5.12. The highest BCUT2D eigenvalue weighted by atomic mass is 16.2. The van der Waals surface area contributed by atoms with Crippen LogP contribution in [0.2, 0.25) is 0 Å². The lowest BCUT2D eigenvalue weighted by Gasteiger charge is -2.22. The van der Waals surface area contributed by atoms with Crippen molar-refractivity contribution < 1.29 is 9.59 Å². The zero-order valence-corrected chi connectivity index (χ0v) is 10.4. The minimum atomic E-state index is -0.592. The molecule has 17 heavy (non-hydrogen) atoms. The standard InChI is InChI=1S/C12H21N3O2/c1-3-7-13-11(16)12(17)14-9-10-6-5-8-15(10)4-2/h3,10H,1,4-9H2,2H3,(H,13,16)(H,14,17)/t10-/m0/s1.